The van der Waals surface area contributed by atoms with Crippen molar-refractivity contribution in [1.29, 1.82) is 0 Å². The van der Waals surface area contributed by atoms with Gasteiger partial charge in [-0.3, -0.25) is 0 Å². The van der Waals surface area contributed by atoms with Crippen LogP contribution in [0.4, 0.5) is 17.1 Å². The maximum atomic E-state index is 2.52. The topological polar surface area (TPSA) is 3.24 Å². The number of thiophene rings is 1. The van der Waals surface area contributed by atoms with Crippen molar-refractivity contribution in [3.63, 3.8) is 0 Å². The molecule has 0 N–H and O–H groups in total. The van der Waals surface area contributed by atoms with E-state index < -0.39 is 5.41 Å². The molecule has 0 spiro atoms. The first kappa shape index (κ1) is 37.7. The first-order valence-corrected chi connectivity index (χ1v) is 23.4. The molecule has 0 fully saturated rings. The zero-order valence-electron chi connectivity index (χ0n) is 35.9. The lowest BCUT2D eigenvalue weighted by molar-refractivity contribution is 0.714. The van der Waals surface area contributed by atoms with Crippen LogP contribution in [0.15, 0.2) is 243 Å². The fraction of sp³-hybridized carbons (Fsp3) is 0.0476. The highest BCUT2D eigenvalue weighted by Crippen LogP contribution is 2.59. The van der Waals surface area contributed by atoms with Crippen molar-refractivity contribution in [2.45, 2.75) is 17.8 Å². The fourth-order valence-corrected chi connectivity index (χ4v) is 12.6. The van der Waals surface area contributed by atoms with Gasteiger partial charge in [-0.15, -0.1) is 11.3 Å². The predicted molar refractivity (Wildman–Crippen MR) is 274 cm³/mol. The molecule has 13 rings (SSSR count). The van der Waals surface area contributed by atoms with Crippen LogP contribution >= 0.6 is 11.3 Å². The van der Waals surface area contributed by atoms with Crippen LogP contribution in [0.1, 0.15) is 45.9 Å². The third-order valence-electron chi connectivity index (χ3n) is 14.4. The quantitative estimate of drug-likeness (QED) is 0.154. The van der Waals surface area contributed by atoms with E-state index in [1.54, 1.807) is 0 Å². The van der Waals surface area contributed by atoms with Crippen molar-refractivity contribution in [3.8, 4) is 33.4 Å². The van der Waals surface area contributed by atoms with Crippen molar-refractivity contribution in [1.82, 2.24) is 0 Å². The van der Waals surface area contributed by atoms with E-state index in [4.69, 9.17) is 0 Å². The molecule has 306 valence electrons. The summed E-state index contributed by atoms with van der Waals surface area (Å²) >= 11 is 1.87. The number of benzene rings is 10. The zero-order valence-corrected chi connectivity index (χ0v) is 36.8. The summed E-state index contributed by atoms with van der Waals surface area (Å²) < 4.78 is 2.64. The fourth-order valence-electron chi connectivity index (χ4n) is 11.5. The monoisotopic (exact) mass is 845 g/mol. The van der Waals surface area contributed by atoms with Crippen molar-refractivity contribution in [2.24, 2.45) is 0 Å². The molecule has 2 aliphatic carbocycles. The molecule has 10 aromatic carbocycles. The highest BCUT2D eigenvalue weighted by molar-refractivity contribution is 7.25. The maximum absolute atomic E-state index is 2.52. The second-order valence-electron chi connectivity index (χ2n) is 17.7. The van der Waals surface area contributed by atoms with Gasteiger partial charge >= 0.3 is 0 Å². The van der Waals surface area contributed by atoms with Gasteiger partial charge in [0.2, 0.25) is 0 Å². The Morgan fingerprint density at radius 2 is 0.908 bits per heavy atom. The minimum Gasteiger partial charge on any atom is -0.310 e. The van der Waals surface area contributed by atoms with Crippen molar-refractivity contribution in [2.75, 3.05) is 4.90 Å². The van der Waals surface area contributed by atoms with E-state index in [-0.39, 0.29) is 5.41 Å². The van der Waals surface area contributed by atoms with E-state index in [1.165, 1.54) is 92.5 Å². The number of hydrogen-bond donors (Lipinski definition) is 0. The van der Waals surface area contributed by atoms with Gasteiger partial charge < -0.3 is 4.90 Å². The minimum atomic E-state index is -0.525. The van der Waals surface area contributed by atoms with Crippen LogP contribution in [0, 0.1) is 0 Å². The Hall–Kier alpha value is -7.78. The maximum Gasteiger partial charge on any atom is 0.0714 e. The van der Waals surface area contributed by atoms with Crippen LogP contribution in [0.3, 0.4) is 0 Å². The van der Waals surface area contributed by atoms with Crippen LogP contribution in [0.2, 0.25) is 0 Å². The smallest absolute Gasteiger partial charge is 0.0714 e. The standard InChI is InChI=1S/C63H43NS/c1-62(44-18-5-2-6-19-44)54-27-14-12-26-53(54)61-56(62)29-17-30-58(61)64(47-35-32-42(33-36-47)43-34-38-52-51-25-13-16-31-59(51)65-60(52)40-43)48-37-39-50-49-24-11-15-28-55(49)63(57(50)41-48,45-20-7-3-8-21-45)46-22-9-4-10-23-46/h2-41H,1H3. The molecule has 11 aromatic rings. The highest BCUT2D eigenvalue weighted by Gasteiger charge is 2.47. The minimum absolute atomic E-state index is 0.334. The molecule has 0 saturated heterocycles. The number of fused-ring (bicyclic) bond motifs is 9. The average Bonchev–Trinajstić information content (AvgIpc) is 3.99. The Balaban J connectivity index is 1.05. The lowest BCUT2D eigenvalue weighted by Gasteiger charge is -2.35. The summed E-state index contributed by atoms with van der Waals surface area (Å²) in [5.74, 6) is 0. The van der Waals surface area contributed by atoms with Gasteiger partial charge in [0.25, 0.3) is 0 Å². The van der Waals surface area contributed by atoms with Crippen LogP contribution in [0.25, 0.3) is 53.6 Å². The largest absolute Gasteiger partial charge is 0.310 e. The molecule has 1 nitrogen and oxygen atoms in total. The van der Waals surface area contributed by atoms with Crippen LogP contribution in [0.5, 0.6) is 0 Å². The Labute approximate surface area is 384 Å². The van der Waals surface area contributed by atoms with E-state index in [0.717, 1.165) is 17.1 Å². The SMILES string of the molecule is CC1(c2ccccc2)c2ccccc2-c2c(N(c3ccc(-c4ccc5c(c4)sc4ccccc45)cc3)c3ccc4c(c3)C(c3ccccc3)(c3ccccc3)c3ccccc3-4)cccc21. The molecular formula is C63H43NS. The predicted octanol–water partition coefficient (Wildman–Crippen LogP) is 16.9. The number of anilines is 3. The van der Waals surface area contributed by atoms with Crippen LogP contribution < -0.4 is 4.90 Å². The summed E-state index contributed by atoms with van der Waals surface area (Å²) in [5, 5.41) is 2.64. The van der Waals surface area contributed by atoms with E-state index in [0.29, 0.717) is 0 Å². The van der Waals surface area contributed by atoms with Gasteiger partial charge in [-0.05, 0) is 116 Å². The summed E-state index contributed by atoms with van der Waals surface area (Å²) in [6, 6.07) is 90.5. The van der Waals surface area contributed by atoms with E-state index in [2.05, 4.69) is 254 Å². The van der Waals surface area contributed by atoms with E-state index >= 15 is 0 Å². The lowest BCUT2D eigenvalue weighted by atomic mass is 9.67. The molecule has 1 atom stereocenters. The lowest BCUT2D eigenvalue weighted by Crippen LogP contribution is -2.28. The molecule has 2 heteroatoms. The van der Waals surface area contributed by atoms with Gasteiger partial charge in [0.15, 0.2) is 0 Å². The summed E-state index contributed by atoms with van der Waals surface area (Å²) in [5.41, 5.74) is 19.1. The van der Waals surface area contributed by atoms with Gasteiger partial charge in [-0.2, -0.15) is 0 Å². The summed E-state index contributed by atoms with van der Waals surface area (Å²) in [7, 11) is 0. The zero-order chi connectivity index (χ0) is 43.1. The van der Waals surface area contributed by atoms with Gasteiger partial charge in [-0.25, -0.2) is 0 Å². The average molecular weight is 846 g/mol. The summed E-state index contributed by atoms with van der Waals surface area (Å²) in [6.07, 6.45) is 0. The van der Waals surface area contributed by atoms with Crippen LogP contribution in [-0.2, 0) is 10.8 Å². The molecule has 1 aromatic heterocycles. The van der Waals surface area contributed by atoms with E-state index in [9.17, 15) is 0 Å². The second-order valence-corrected chi connectivity index (χ2v) is 18.8. The third kappa shape index (κ3) is 5.51. The Bertz CT molecular complexity index is 3570. The third-order valence-corrected chi connectivity index (χ3v) is 15.6. The molecule has 0 aliphatic heterocycles. The van der Waals surface area contributed by atoms with Crippen LogP contribution in [-0.4, -0.2) is 0 Å². The van der Waals surface area contributed by atoms with Gasteiger partial charge in [0.05, 0.1) is 11.1 Å². The first-order chi connectivity index (χ1) is 32.1. The molecule has 1 unspecified atom stereocenters. The molecular weight excluding hydrogens is 803 g/mol. The molecule has 0 radical (unpaired) electrons. The first-order valence-electron chi connectivity index (χ1n) is 22.6. The van der Waals surface area contributed by atoms with Gasteiger partial charge in [0.1, 0.15) is 0 Å². The molecule has 2 aliphatic rings. The Morgan fingerprint density at radius 1 is 0.354 bits per heavy atom. The Morgan fingerprint density at radius 3 is 1.65 bits per heavy atom. The van der Waals surface area contributed by atoms with E-state index in [1.807, 2.05) is 11.3 Å². The number of hydrogen-bond acceptors (Lipinski definition) is 2. The molecule has 1 heterocycles. The van der Waals surface area contributed by atoms with Gasteiger partial charge in [-0.1, -0.05) is 200 Å². The molecule has 65 heavy (non-hydrogen) atoms. The summed E-state index contributed by atoms with van der Waals surface area (Å²) in [6.45, 7) is 2.41. The number of rotatable bonds is 7. The molecule has 0 saturated carbocycles. The Kier molecular flexibility index (Phi) is 8.50. The van der Waals surface area contributed by atoms with Gasteiger partial charge in [0, 0.05) is 42.5 Å². The van der Waals surface area contributed by atoms with Crippen molar-refractivity contribution >= 4 is 48.6 Å². The number of nitrogens with zero attached hydrogens (tertiary/aromatic N) is 1. The molecule has 0 amide bonds. The normalized spacial score (nSPS) is 15.3. The summed E-state index contributed by atoms with van der Waals surface area (Å²) in [4.78, 5) is 2.52. The second kappa shape index (κ2) is 14.6. The van der Waals surface area contributed by atoms with Crippen molar-refractivity contribution in [3.05, 3.63) is 282 Å². The molecule has 0 bridgehead atoms. The van der Waals surface area contributed by atoms with Crippen molar-refractivity contribution < 1.29 is 0 Å². The highest BCUT2D eigenvalue weighted by atomic mass is 32.1.